The lowest BCUT2D eigenvalue weighted by Gasteiger charge is -2.37. The molecule has 0 aliphatic carbocycles. The number of aromatic nitrogens is 2. The zero-order valence-corrected chi connectivity index (χ0v) is 21.8. The topological polar surface area (TPSA) is 58.4 Å². The van der Waals surface area contributed by atoms with E-state index in [-0.39, 0.29) is 29.7 Å². The summed E-state index contributed by atoms with van der Waals surface area (Å²) in [5.41, 5.74) is 2.31. The van der Waals surface area contributed by atoms with Crippen molar-refractivity contribution < 1.29 is 22.8 Å². The van der Waals surface area contributed by atoms with Crippen LogP contribution in [0.2, 0.25) is 0 Å². The van der Waals surface area contributed by atoms with Gasteiger partial charge in [-0.2, -0.15) is 18.3 Å². The number of alkyl halides is 3. The van der Waals surface area contributed by atoms with Gasteiger partial charge in [0.25, 0.3) is 0 Å². The fraction of sp³-hybridized carbons (Fsp3) is 0.577. The molecule has 0 radical (unpaired) electrons. The van der Waals surface area contributed by atoms with Gasteiger partial charge >= 0.3 is 6.18 Å². The van der Waals surface area contributed by atoms with E-state index in [1.807, 2.05) is 39.5 Å². The van der Waals surface area contributed by atoms with E-state index in [9.17, 15) is 22.8 Å². The number of hydrogen-bond donors (Lipinski definition) is 0. The number of ketones is 1. The molecule has 1 saturated heterocycles. The van der Waals surface area contributed by atoms with Gasteiger partial charge in [-0.05, 0) is 37.0 Å². The number of carbonyl (C=O) groups excluding carboxylic acids is 2. The molecular weight excluding hydrogens is 457 g/mol. The quantitative estimate of drug-likeness (QED) is 0.500. The van der Waals surface area contributed by atoms with Gasteiger partial charge in [-0.1, -0.05) is 40.7 Å². The first-order valence-electron chi connectivity index (χ1n) is 12.3. The van der Waals surface area contributed by atoms with Crippen LogP contribution in [-0.2, 0) is 23.9 Å². The average molecular weight is 495 g/mol. The Labute approximate surface area is 206 Å². The largest absolute Gasteiger partial charge is 0.416 e. The highest BCUT2D eigenvalue weighted by molar-refractivity contribution is 5.94. The Kier molecular flexibility index (Phi) is 9.52. The van der Waals surface area contributed by atoms with Crippen LogP contribution in [0.1, 0.15) is 80.3 Å². The molecule has 2 heterocycles. The van der Waals surface area contributed by atoms with Crippen LogP contribution in [0.25, 0.3) is 0 Å². The molecule has 0 unspecified atom stereocenters. The van der Waals surface area contributed by atoms with Crippen molar-refractivity contribution in [2.24, 2.45) is 0 Å². The molecule has 1 fully saturated rings. The highest BCUT2D eigenvalue weighted by Gasteiger charge is 2.34. The SMILES string of the molecule is CC.CCc1c(C(C)C)c(C(C)=O)nn1CC(=O)N1CCN(c2cccc(C(F)(F)F)c2C)CC1. The molecule has 1 amide bonds. The number of benzene rings is 1. The van der Waals surface area contributed by atoms with E-state index in [1.54, 1.807) is 15.6 Å². The molecule has 1 aliphatic rings. The Hall–Kier alpha value is -2.84. The zero-order valence-electron chi connectivity index (χ0n) is 21.8. The summed E-state index contributed by atoms with van der Waals surface area (Å²) in [6.45, 7) is 14.7. The highest BCUT2D eigenvalue weighted by Crippen LogP contribution is 2.36. The van der Waals surface area contributed by atoms with Crippen LogP contribution in [0, 0.1) is 6.92 Å². The van der Waals surface area contributed by atoms with E-state index in [1.165, 1.54) is 19.9 Å². The van der Waals surface area contributed by atoms with E-state index in [4.69, 9.17) is 0 Å². The molecular formula is C26H37F3N4O2. The fourth-order valence-corrected chi connectivity index (χ4v) is 4.58. The minimum absolute atomic E-state index is 0.0404. The fourth-order valence-electron chi connectivity index (χ4n) is 4.58. The molecule has 2 aromatic rings. The van der Waals surface area contributed by atoms with Crippen LogP contribution in [0.5, 0.6) is 0 Å². The molecule has 0 saturated carbocycles. The van der Waals surface area contributed by atoms with E-state index < -0.39 is 11.7 Å². The van der Waals surface area contributed by atoms with Crippen molar-refractivity contribution in [3.05, 3.63) is 46.3 Å². The van der Waals surface area contributed by atoms with Crippen molar-refractivity contribution in [1.29, 1.82) is 0 Å². The lowest BCUT2D eigenvalue weighted by molar-refractivity contribution is -0.138. The van der Waals surface area contributed by atoms with E-state index in [2.05, 4.69) is 5.10 Å². The van der Waals surface area contributed by atoms with Crippen molar-refractivity contribution in [3.8, 4) is 0 Å². The van der Waals surface area contributed by atoms with Crippen molar-refractivity contribution >= 4 is 17.4 Å². The van der Waals surface area contributed by atoms with Gasteiger partial charge in [-0.25, -0.2) is 0 Å². The second kappa shape index (κ2) is 11.7. The normalized spacial score (nSPS) is 14.1. The van der Waals surface area contributed by atoms with Crippen LogP contribution >= 0.6 is 0 Å². The Balaban J connectivity index is 0.00000210. The van der Waals surface area contributed by atoms with Crippen molar-refractivity contribution in [3.63, 3.8) is 0 Å². The van der Waals surface area contributed by atoms with Crippen molar-refractivity contribution in [2.75, 3.05) is 31.1 Å². The van der Waals surface area contributed by atoms with E-state index in [0.717, 1.165) is 17.3 Å². The van der Waals surface area contributed by atoms with Crippen molar-refractivity contribution in [2.45, 2.75) is 73.5 Å². The smallest absolute Gasteiger partial charge is 0.368 e. The summed E-state index contributed by atoms with van der Waals surface area (Å²) < 4.78 is 41.4. The maximum absolute atomic E-state index is 13.3. The van der Waals surface area contributed by atoms with Gasteiger partial charge in [-0.3, -0.25) is 14.3 Å². The lowest BCUT2D eigenvalue weighted by Crippen LogP contribution is -2.50. The van der Waals surface area contributed by atoms with Crippen LogP contribution < -0.4 is 4.90 Å². The third-order valence-corrected chi connectivity index (χ3v) is 6.21. The monoisotopic (exact) mass is 494 g/mol. The van der Waals surface area contributed by atoms with Crippen LogP contribution in [0.4, 0.5) is 18.9 Å². The van der Waals surface area contributed by atoms with Gasteiger partial charge in [-0.15, -0.1) is 0 Å². The third-order valence-electron chi connectivity index (χ3n) is 6.21. The molecule has 35 heavy (non-hydrogen) atoms. The summed E-state index contributed by atoms with van der Waals surface area (Å²) in [5, 5.41) is 4.45. The van der Waals surface area contributed by atoms with Gasteiger partial charge in [0.05, 0.1) is 5.56 Å². The van der Waals surface area contributed by atoms with Crippen molar-refractivity contribution in [1.82, 2.24) is 14.7 Å². The maximum Gasteiger partial charge on any atom is 0.416 e. The van der Waals surface area contributed by atoms with Gasteiger partial charge in [0.2, 0.25) is 5.91 Å². The number of piperazine rings is 1. The zero-order chi connectivity index (χ0) is 26.5. The first kappa shape index (κ1) is 28.4. The van der Waals surface area contributed by atoms with E-state index in [0.29, 0.717) is 44.0 Å². The summed E-state index contributed by atoms with van der Waals surface area (Å²) in [6.07, 6.45) is -3.74. The molecule has 0 bridgehead atoms. The molecule has 1 aromatic carbocycles. The van der Waals surface area contributed by atoms with Gasteiger partial charge < -0.3 is 9.80 Å². The predicted octanol–water partition coefficient (Wildman–Crippen LogP) is 5.47. The number of Topliss-reactive ketones (excluding diaryl/α,β-unsaturated/α-hetero) is 1. The van der Waals surface area contributed by atoms with Gasteiger partial charge in [0.15, 0.2) is 5.78 Å². The number of carbonyl (C=O) groups is 2. The molecule has 194 valence electrons. The van der Waals surface area contributed by atoms with Crippen LogP contribution in [0.3, 0.4) is 0 Å². The molecule has 0 N–H and O–H groups in total. The number of amides is 1. The average Bonchev–Trinajstić information content (AvgIpc) is 3.18. The summed E-state index contributed by atoms with van der Waals surface area (Å²) in [4.78, 5) is 28.7. The summed E-state index contributed by atoms with van der Waals surface area (Å²) >= 11 is 0. The molecule has 0 spiro atoms. The molecule has 1 aromatic heterocycles. The Morgan fingerprint density at radius 2 is 1.69 bits per heavy atom. The summed E-state index contributed by atoms with van der Waals surface area (Å²) in [7, 11) is 0. The molecule has 1 aliphatic heterocycles. The Morgan fingerprint density at radius 1 is 1.09 bits per heavy atom. The van der Waals surface area contributed by atoms with Crippen LogP contribution in [0.15, 0.2) is 18.2 Å². The first-order valence-corrected chi connectivity index (χ1v) is 12.3. The summed E-state index contributed by atoms with van der Waals surface area (Å²) in [6, 6.07) is 4.20. The maximum atomic E-state index is 13.3. The molecule has 0 atom stereocenters. The van der Waals surface area contributed by atoms with Crippen LogP contribution in [-0.4, -0.2) is 52.5 Å². The lowest BCUT2D eigenvalue weighted by atomic mass is 9.97. The minimum atomic E-state index is -4.40. The molecule has 3 rings (SSSR count). The van der Waals surface area contributed by atoms with E-state index >= 15 is 0 Å². The Morgan fingerprint density at radius 3 is 2.17 bits per heavy atom. The second-order valence-electron chi connectivity index (χ2n) is 8.75. The van der Waals surface area contributed by atoms with Gasteiger partial charge in [0, 0.05) is 50.0 Å². The number of halogens is 3. The van der Waals surface area contributed by atoms with Gasteiger partial charge in [0.1, 0.15) is 12.2 Å². The number of hydrogen-bond acceptors (Lipinski definition) is 4. The minimum Gasteiger partial charge on any atom is -0.368 e. The number of rotatable bonds is 6. The molecule has 6 nitrogen and oxygen atoms in total. The summed E-state index contributed by atoms with van der Waals surface area (Å²) in [5.74, 6) is -0.121. The Bertz CT molecular complexity index is 1040. The molecule has 9 heteroatoms. The highest BCUT2D eigenvalue weighted by atomic mass is 19.4. The number of anilines is 1. The predicted molar refractivity (Wildman–Crippen MR) is 132 cm³/mol. The third kappa shape index (κ3) is 6.24. The number of nitrogens with zero attached hydrogens (tertiary/aromatic N) is 4. The first-order chi connectivity index (χ1) is 16.5. The second-order valence-corrected chi connectivity index (χ2v) is 8.75. The standard InChI is InChI=1S/C24H31F3N4O2.C2H6/c1-6-19-22(15(2)3)23(17(5)32)28-31(19)14-21(33)30-12-10-29(11-13-30)20-9-7-8-18(16(20)4)24(25,26)27;1-2/h7-9,15H,6,10-14H2,1-5H3;1-2H3.